The van der Waals surface area contributed by atoms with E-state index in [-0.39, 0.29) is 30.3 Å². The molecule has 8 heteroatoms. The molecule has 1 heterocycles. The fourth-order valence-corrected chi connectivity index (χ4v) is 4.65. The van der Waals surface area contributed by atoms with Crippen molar-refractivity contribution in [3.63, 3.8) is 0 Å². The average Bonchev–Trinajstić information content (AvgIpc) is 3.07. The van der Waals surface area contributed by atoms with Crippen LogP contribution >= 0.6 is 23.2 Å². The van der Waals surface area contributed by atoms with Crippen LogP contribution in [0.5, 0.6) is 11.5 Å². The van der Waals surface area contributed by atoms with Crippen molar-refractivity contribution in [3.05, 3.63) is 63.3 Å². The number of hydrogen-bond donors (Lipinski definition) is 1. The van der Waals surface area contributed by atoms with Gasteiger partial charge in [-0.3, -0.25) is 9.69 Å². The number of imide groups is 1. The Morgan fingerprint density at radius 2 is 1.82 bits per heavy atom. The molecule has 3 amide bonds. The SMILES string of the molecule is CCOc1cc(/C=C2\NC(=O)N(C3CCCCC3)C2=O)ccc1OCc1ccc(Cl)cc1Cl. The van der Waals surface area contributed by atoms with E-state index in [9.17, 15) is 9.59 Å². The highest BCUT2D eigenvalue weighted by Crippen LogP contribution is 2.32. The number of nitrogens with zero attached hydrogens (tertiary/aromatic N) is 1. The largest absolute Gasteiger partial charge is 0.490 e. The van der Waals surface area contributed by atoms with E-state index in [0.29, 0.717) is 28.2 Å². The zero-order valence-corrected chi connectivity index (χ0v) is 19.9. The lowest BCUT2D eigenvalue weighted by Crippen LogP contribution is -2.41. The van der Waals surface area contributed by atoms with Crippen molar-refractivity contribution in [1.29, 1.82) is 0 Å². The zero-order valence-electron chi connectivity index (χ0n) is 18.4. The predicted octanol–water partition coefficient (Wildman–Crippen LogP) is 6.20. The normalized spacial score (nSPS) is 18.0. The van der Waals surface area contributed by atoms with Gasteiger partial charge in [0.25, 0.3) is 5.91 Å². The predicted molar refractivity (Wildman–Crippen MR) is 129 cm³/mol. The standard InChI is InChI=1S/C25H26Cl2N2O4/c1-2-32-23-13-16(8-11-22(23)33-15-17-9-10-18(26)14-20(17)27)12-21-24(30)29(25(31)28-21)19-6-4-3-5-7-19/h8-14,19H,2-7,15H2,1H3,(H,28,31)/b21-12-. The van der Waals surface area contributed by atoms with Crippen LogP contribution in [0.25, 0.3) is 6.08 Å². The summed E-state index contributed by atoms with van der Waals surface area (Å²) in [6.07, 6.45) is 6.64. The van der Waals surface area contributed by atoms with Crippen molar-refractivity contribution in [2.75, 3.05) is 6.61 Å². The summed E-state index contributed by atoms with van der Waals surface area (Å²) in [5.74, 6) is 0.816. The van der Waals surface area contributed by atoms with E-state index in [4.69, 9.17) is 32.7 Å². The van der Waals surface area contributed by atoms with E-state index in [2.05, 4.69) is 5.32 Å². The number of carbonyl (C=O) groups excluding carboxylic acids is 2. The van der Waals surface area contributed by atoms with Crippen LogP contribution in [0.1, 0.15) is 50.2 Å². The third-order valence-electron chi connectivity index (χ3n) is 5.83. The van der Waals surface area contributed by atoms with Crippen LogP contribution in [-0.4, -0.2) is 29.5 Å². The Hall–Kier alpha value is -2.70. The first-order valence-corrected chi connectivity index (χ1v) is 11.9. The Kier molecular flexibility index (Phi) is 7.46. The van der Waals surface area contributed by atoms with Crippen LogP contribution in [0, 0.1) is 0 Å². The topological polar surface area (TPSA) is 67.9 Å². The average molecular weight is 489 g/mol. The fraction of sp³-hybridized carbons (Fsp3) is 0.360. The molecule has 0 spiro atoms. The van der Waals surface area contributed by atoms with Crippen molar-refractivity contribution in [2.24, 2.45) is 0 Å². The van der Waals surface area contributed by atoms with Gasteiger partial charge in [0, 0.05) is 21.7 Å². The minimum Gasteiger partial charge on any atom is -0.490 e. The van der Waals surface area contributed by atoms with Crippen molar-refractivity contribution in [1.82, 2.24) is 10.2 Å². The number of ether oxygens (including phenoxy) is 2. The van der Waals surface area contributed by atoms with Crippen LogP contribution in [0.2, 0.25) is 10.0 Å². The number of urea groups is 1. The number of carbonyl (C=O) groups is 2. The molecule has 2 aromatic rings. The van der Waals surface area contributed by atoms with Gasteiger partial charge in [0.2, 0.25) is 0 Å². The second-order valence-corrected chi connectivity index (χ2v) is 8.96. The molecule has 6 nitrogen and oxygen atoms in total. The van der Waals surface area contributed by atoms with E-state index in [1.807, 2.05) is 19.1 Å². The highest BCUT2D eigenvalue weighted by Gasteiger charge is 2.38. The van der Waals surface area contributed by atoms with Gasteiger partial charge < -0.3 is 14.8 Å². The first-order valence-electron chi connectivity index (χ1n) is 11.2. The molecule has 0 radical (unpaired) electrons. The Bertz CT molecular complexity index is 1080. The van der Waals surface area contributed by atoms with Crippen LogP contribution in [0.15, 0.2) is 42.1 Å². The Balaban J connectivity index is 1.51. The van der Waals surface area contributed by atoms with Crippen LogP contribution < -0.4 is 14.8 Å². The van der Waals surface area contributed by atoms with Gasteiger partial charge in [-0.05, 0) is 55.7 Å². The molecule has 2 fully saturated rings. The molecule has 1 aliphatic carbocycles. The molecule has 0 aromatic heterocycles. The Morgan fingerprint density at radius 1 is 1.03 bits per heavy atom. The second kappa shape index (κ2) is 10.5. The van der Waals surface area contributed by atoms with E-state index in [0.717, 1.165) is 43.2 Å². The maximum absolute atomic E-state index is 12.9. The summed E-state index contributed by atoms with van der Waals surface area (Å²) in [6.45, 7) is 2.58. The van der Waals surface area contributed by atoms with Gasteiger partial charge in [-0.25, -0.2) is 4.79 Å². The van der Waals surface area contributed by atoms with Crippen LogP contribution in [-0.2, 0) is 11.4 Å². The van der Waals surface area contributed by atoms with Gasteiger partial charge in [-0.15, -0.1) is 0 Å². The Labute approximate surface area is 203 Å². The first kappa shape index (κ1) is 23.5. The number of hydrogen-bond acceptors (Lipinski definition) is 4. The molecule has 4 rings (SSSR count). The van der Waals surface area contributed by atoms with E-state index >= 15 is 0 Å². The molecule has 2 aromatic carbocycles. The summed E-state index contributed by atoms with van der Waals surface area (Å²) in [7, 11) is 0. The number of amides is 3. The molecule has 1 saturated heterocycles. The molecule has 1 N–H and O–H groups in total. The maximum atomic E-state index is 12.9. The van der Waals surface area contributed by atoms with Gasteiger partial charge in [-0.2, -0.15) is 0 Å². The highest BCUT2D eigenvalue weighted by molar-refractivity contribution is 6.35. The van der Waals surface area contributed by atoms with Crippen LogP contribution in [0.3, 0.4) is 0 Å². The minimum atomic E-state index is -0.344. The summed E-state index contributed by atoms with van der Waals surface area (Å²) in [5.41, 5.74) is 1.80. The van der Waals surface area contributed by atoms with Gasteiger partial charge in [0.1, 0.15) is 12.3 Å². The van der Waals surface area contributed by atoms with Gasteiger partial charge >= 0.3 is 6.03 Å². The third kappa shape index (κ3) is 5.45. The number of halogens is 2. The van der Waals surface area contributed by atoms with Crippen LogP contribution in [0.4, 0.5) is 4.79 Å². The highest BCUT2D eigenvalue weighted by atomic mass is 35.5. The molecule has 2 aliphatic rings. The summed E-state index contributed by atoms with van der Waals surface area (Å²) in [5, 5.41) is 3.81. The van der Waals surface area contributed by atoms with Crippen molar-refractivity contribution >= 4 is 41.2 Å². The maximum Gasteiger partial charge on any atom is 0.329 e. The third-order valence-corrected chi connectivity index (χ3v) is 6.41. The summed E-state index contributed by atoms with van der Waals surface area (Å²) in [6, 6.07) is 10.3. The quantitative estimate of drug-likeness (QED) is 0.372. The lowest BCUT2D eigenvalue weighted by Gasteiger charge is -2.28. The lowest BCUT2D eigenvalue weighted by atomic mass is 9.94. The first-order chi connectivity index (χ1) is 16.0. The monoisotopic (exact) mass is 488 g/mol. The molecular weight excluding hydrogens is 463 g/mol. The Morgan fingerprint density at radius 3 is 2.55 bits per heavy atom. The molecular formula is C25H26Cl2N2O4. The molecule has 0 bridgehead atoms. The molecule has 0 unspecified atom stereocenters. The van der Waals surface area contributed by atoms with E-state index in [1.54, 1.807) is 30.3 Å². The number of rotatable bonds is 7. The molecule has 1 aliphatic heterocycles. The van der Waals surface area contributed by atoms with Gasteiger partial charge in [0.15, 0.2) is 11.5 Å². The van der Waals surface area contributed by atoms with Gasteiger partial charge in [-0.1, -0.05) is 54.6 Å². The second-order valence-electron chi connectivity index (χ2n) is 8.12. The summed E-state index contributed by atoms with van der Waals surface area (Å²) >= 11 is 12.2. The van der Waals surface area contributed by atoms with E-state index < -0.39 is 0 Å². The van der Waals surface area contributed by atoms with Gasteiger partial charge in [0.05, 0.1) is 6.61 Å². The smallest absolute Gasteiger partial charge is 0.329 e. The summed E-state index contributed by atoms with van der Waals surface area (Å²) < 4.78 is 11.7. The summed E-state index contributed by atoms with van der Waals surface area (Å²) in [4.78, 5) is 26.8. The fourth-order valence-electron chi connectivity index (χ4n) is 4.18. The van der Waals surface area contributed by atoms with Crippen molar-refractivity contribution < 1.29 is 19.1 Å². The molecule has 0 atom stereocenters. The minimum absolute atomic E-state index is 0.0217. The van der Waals surface area contributed by atoms with E-state index in [1.165, 1.54) is 4.90 Å². The molecule has 1 saturated carbocycles. The molecule has 174 valence electrons. The lowest BCUT2D eigenvalue weighted by molar-refractivity contribution is -0.124. The van der Waals surface area contributed by atoms with Crippen molar-refractivity contribution in [3.8, 4) is 11.5 Å². The van der Waals surface area contributed by atoms with Crippen molar-refractivity contribution in [2.45, 2.75) is 51.7 Å². The zero-order chi connectivity index (χ0) is 23.4. The number of benzene rings is 2. The number of nitrogens with one attached hydrogen (secondary N) is 1. The molecule has 33 heavy (non-hydrogen) atoms.